The highest BCUT2D eigenvalue weighted by Gasteiger charge is 2.40. The minimum absolute atomic E-state index is 0.143. The Morgan fingerprint density at radius 2 is 1.96 bits per heavy atom. The summed E-state index contributed by atoms with van der Waals surface area (Å²) in [5, 5.41) is 3.35. The van der Waals surface area contributed by atoms with E-state index in [1.54, 1.807) is 20.9 Å². The van der Waals surface area contributed by atoms with Crippen molar-refractivity contribution >= 4 is 15.8 Å². The fraction of sp³-hybridized carbons (Fsp3) is 0.632. The first kappa shape index (κ1) is 20.6. The zero-order valence-electron chi connectivity index (χ0n) is 16.7. The van der Waals surface area contributed by atoms with Crippen LogP contribution in [0.25, 0.3) is 0 Å². The molecule has 0 amide bonds. The molecule has 0 bridgehead atoms. The summed E-state index contributed by atoms with van der Waals surface area (Å²) in [5.41, 5.74) is 0.760. The fourth-order valence-electron chi connectivity index (χ4n) is 2.91. The first-order valence-corrected chi connectivity index (χ1v) is 10.6. The molecular formula is C19H31N3O3S. The summed E-state index contributed by atoms with van der Waals surface area (Å²) in [6, 6.07) is 7.91. The quantitative estimate of drug-likeness (QED) is 0.643. The van der Waals surface area contributed by atoms with Gasteiger partial charge in [-0.15, -0.1) is 0 Å². The van der Waals surface area contributed by atoms with Crippen molar-refractivity contribution in [3.05, 3.63) is 29.8 Å². The van der Waals surface area contributed by atoms with E-state index in [4.69, 9.17) is 4.74 Å². The fourth-order valence-corrected chi connectivity index (χ4v) is 4.28. The number of rotatable bonds is 3. The number of guanidine groups is 1. The van der Waals surface area contributed by atoms with Crippen LogP contribution in [0.1, 0.15) is 40.2 Å². The second-order valence-electron chi connectivity index (χ2n) is 8.22. The molecule has 0 aromatic heterocycles. The lowest BCUT2D eigenvalue weighted by Crippen LogP contribution is -2.57. The van der Waals surface area contributed by atoms with E-state index >= 15 is 0 Å². The highest BCUT2D eigenvalue weighted by Crippen LogP contribution is 2.25. The molecule has 2 rings (SSSR count). The highest BCUT2D eigenvalue weighted by molar-refractivity contribution is 7.92. The normalized spacial score (nSPS) is 19.9. The Kier molecular flexibility index (Phi) is 5.90. The van der Waals surface area contributed by atoms with Gasteiger partial charge in [0.2, 0.25) is 0 Å². The molecule has 1 N–H and O–H groups in total. The zero-order chi connectivity index (χ0) is 19.6. The summed E-state index contributed by atoms with van der Waals surface area (Å²) in [5.74, 6) is 1.69. The van der Waals surface area contributed by atoms with Gasteiger partial charge in [-0.3, -0.25) is 4.99 Å². The summed E-state index contributed by atoms with van der Waals surface area (Å²) in [4.78, 5) is 6.35. The van der Waals surface area contributed by atoms with Crippen molar-refractivity contribution in [2.24, 2.45) is 4.99 Å². The second kappa shape index (κ2) is 7.47. The van der Waals surface area contributed by atoms with Gasteiger partial charge in [-0.2, -0.15) is 0 Å². The number of nitrogens with one attached hydrogen (secondary N) is 1. The molecule has 7 heteroatoms. The maximum atomic E-state index is 12.2. The van der Waals surface area contributed by atoms with Crippen LogP contribution >= 0.6 is 0 Å². The van der Waals surface area contributed by atoms with E-state index in [2.05, 4.69) is 10.3 Å². The Balaban J connectivity index is 2.09. The van der Waals surface area contributed by atoms with Gasteiger partial charge in [-0.25, -0.2) is 8.42 Å². The van der Waals surface area contributed by atoms with E-state index in [1.165, 1.54) is 0 Å². The van der Waals surface area contributed by atoms with Crippen molar-refractivity contribution in [2.45, 2.75) is 51.5 Å². The molecule has 1 aliphatic rings. The van der Waals surface area contributed by atoms with Crippen molar-refractivity contribution in [1.82, 2.24) is 10.2 Å². The number of para-hydroxylation sites is 1. The third-order valence-corrected chi connectivity index (χ3v) is 6.91. The van der Waals surface area contributed by atoms with E-state index in [0.717, 1.165) is 11.3 Å². The minimum atomic E-state index is -3.07. The van der Waals surface area contributed by atoms with Gasteiger partial charge in [0.25, 0.3) is 0 Å². The molecule has 1 fully saturated rings. The molecule has 26 heavy (non-hydrogen) atoms. The van der Waals surface area contributed by atoms with E-state index in [1.807, 2.05) is 49.9 Å². The monoisotopic (exact) mass is 381 g/mol. The maximum absolute atomic E-state index is 12.2. The van der Waals surface area contributed by atoms with Gasteiger partial charge in [0, 0.05) is 32.2 Å². The zero-order valence-corrected chi connectivity index (χ0v) is 17.5. The standard InChI is InChI=1S/C19H31N3O3S/c1-18(2,3)25-16-10-8-7-9-15(16)13-21-17(20-6)22-11-12-26(23,24)19(4,5)14-22/h7-10H,11-14H2,1-6H3,(H,20,21). The Morgan fingerprint density at radius 3 is 2.54 bits per heavy atom. The predicted octanol–water partition coefficient (Wildman–Crippen LogP) is 2.45. The first-order chi connectivity index (χ1) is 12.0. The summed E-state index contributed by atoms with van der Waals surface area (Å²) in [7, 11) is -1.36. The van der Waals surface area contributed by atoms with E-state index in [0.29, 0.717) is 25.6 Å². The highest BCUT2D eigenvalue weighted by atomic mass is 32.2. The summed E-state index contributed by atoms with van der Waals surface area (Å²) >= 11 is 0. The Bertz CT molecular complexity index is 764. The van der Waals surface area contributed by atoms with Gasteiger partial charge >= 0.3 is 0 Å². The number of benzene rings is 1. The van der Waals surface area contributed by atoms with Gasteiger partial charge in [-0.05, 0) is 40.7 Å². The van der Waals surface area contributed by atoms with E-state index < -0.39 is 14.6 Å². The molecule has 0 aliphatic carbocycles. The first-order valence-electron chi connectivity index (χ1n) is 8.90. The predicted molar refractivity (Wildman–Crippen MR) is 106 cm³/mol. The molecule has 0 atom stereocenters. The molecule has 0 unspecified atom stereocenters. The van der Waals surface area contributed by atoms with Crippen LogP contribution in [0.15, 0.2) is 29.3 Å². The van der Waals surface area contributed by atoms with Crippen LogP contribution < -0.4 is 10.1 Å². The van der Waals surface area contributed by atoms with Crippen molar-refractivity contribution in [3.63, 3.8) is 0 Å². The van der Waals surface area contributed by atoms with Gasteiger partial charge in [0.15, 0.2) is 15.8 Å². The topological polar surface area (TPSA) is 71.0 Å². The lowest BCUT2D eigenvalue weighted by molar-refractivity contribution is 0.129. The lowest BCUT2D eigenvalue weighted by atomic mass is 10.1. The van der Waals surface area contributed by atoms with Gasteiger partial charge in [0.1, 0.15) is 11.4 Å². The number of hydrogen-bond acceptors (Lipinski definition) is 4. The van der Waals surface area contributed by atoms with Crippen LogP contribution in [-0.4, -0.2) is 55.5 Å². The SMILES string of the molecule is CN=C(NCc1ccccc1OC(C)(C)C)N1CCS(=O)(=O)C(C)(C)C1. The molecule has 1 aromatic rings. The molecule has 6 nitrogen and oxygen atoms in total. The van der Waals surface area contributed by atoms with Crippen molar-refractivity contribution in [1.29, 1.82) is 0 Å². The molecule has 0 saturated carbocycles. The molecule has 0 spiro atoms. The van der Waals surface area contributed by atoms with Crippen LogP contribution in [0.2, 0.25) is 0 Å². The molecule has 1 aliphatic heterocycles. The number of hydrogen-bond donors (Lipinski definition) is 1. The average Bonchev–Trinajstić information content (AvgIpc) is 2.51. The summed E-state index contributed by atoms with van der Waals surface area (Å²) < 4.78 is 29.7. The number of nitrogens with zero attached hydrogens (tertiary/aromatic N) is 2. The van der Waals surface area contributed by atoms with Crippen LogP contribution in [0.3, 0.4) is 0 Å². The number of ether oxygens (including phenoxy) is 1. The van der Waals surface area contributed by atoms with E-state index in [9.17, 15) is 8.42 Å². The molecule has 1 saturated heterocycles. The smallest absolute Gasteiger partial charge is 0.193 e. The third kappa shape index (κ3) is 4.90. The summed E-state index contributed by atoms with van der Waals surface area (Å²) in [6.45, 7) is 11.0. The van der Waals surface area contributed by atoms with Crippen LogP contribution in [0.4, 0.5) is 0 Å². The number of aliphatic imine (C=N–C) groups is 1. The largest absolute Gasteiger partial charge is 0.488 e. The number of sulfone groups is 1. The Hall–Kier alpha value is -1.76. The average molecular weight is 382 g/mol. The van der Waals surface area contributed by atoms with Crippen LogP contribution in [-0.2, 0) is 16.4 Å². The van der Waals surface area contributed by atoms with E-state index in [-0.39, 0.29) is 11.4 Å². The van der Waals surface area contributed by atoms with Crippen LogP contribution in [0, 0.1) is 0 Å². The Morgan fingerprint density at radius 1 is 1.31 bits per heavy atom. The molecule has 1 aromatic carbocycles. The van der Waals surface area contributed by atoms with Crippen molar-refractivity contribution in [2.75, 3.05) is 25.9 Å². The van der Waals surface area contributed by atoms with Gasteiger partial charge < -0.3 is 15.0 Å². The van der Waals surface area contributed by atoms with Crippen molar-refractivity contribution < 1.29 is 13.2 Å². The van der Waals surface area contributed by atoms with Gasteiger partial charge in [-0.1, -0.05) is 18.2 Å². The second-order valence-corrected chi connectivity index (χ2v) is 11.0. The minimum Gasteiger partial charge on any atom is -0.488 e. The van der Waals surface area contributed by atoms with Gasteiger partial charge in [0.05, 0.1) is 10.5 Å². The molecule has 0 radical (unpaired) electrons. The van der Waals surface area contributed by atoms with Crippen molar-refractivity contribution in [3.8, 4) is 5.75 Å². The third-order valence-electron chi connectivity index (χ3n) is 4.38. The molecule has 1 heterocycles. The van der Waals surface area contributed by atoms with Crippen LogP contribution in [0.5, 0.6) is 5.75 Å². The molecular weight excluding hydrogens is 350 g/mol. The lowest BCUT2D eigenvalue weighted by Gasteiger charge is -2.39. The Labute approximate surface area is 157 Å². The molecule has 146 valence electrons. The maximum Gasteiger partial charge on any atom is 0.193 e. The summed E-state index contributed by atoms with van der Waals surface area (Å²) in [6.07, 6.45) is 0.